The van der Waals surface area contributed by atoms with Crippen LogP contribution in [0.25, 0.3) is 0 Å². The van der Waals surface area contributed by atoms with Gasteiger partial charge in [0, 0.05) is 11.8 Å². The number of amides is 1. The molecule has 0 fully saturated rings. The second-order valence-corrected chi connectivity index (χ2v) is 6.98. The Morgan fingerprint density at radius 2 is 1.50 bits per heavy atom. The van der Waals surface area contributed by atoms with Crippen molar-refractivity contribution in [2.24, 2.45) is 0 Å². The summed E-state index contributed by atoms with van der Waals surface area (Å²) in [5.41, 5.74) is 0.235. The molecule has 0 atom stereocenters. The number of nitrogens with one attached hydrogen (secondary N) is 1. The number of carbonyl (C=O) groups excluding carboxylic acids is 1. The van der Waals surface area contributed by atoms with Gasteiger partial charge in [-0.1, -0.05) is 27.7 Å². The van der Waals surface area contributed by atoms with Gasteiger partial charge in [-0.25, -0.2) is 0 Å². The van der Waals surface area contributed by atoms with Crippen LogP contribution in [-0.2, 0) is 0 Å². The van der Waals surface area contributed by atoms with Crippen LogP contribution in [0.2, 0.25) is 0 Å². The molecule has 9 heteroatoms. The standard InChI is InChI=1S/C19H21N3O6/c1-10(2)15-7-12(8-16(11(3)4)18(15)23)20-19(24)14-6-5-13(21(25)26)9-17(14)22(27)28/h5-11,23H,1-4H3,(H,20,24). The number of non-ortho nitro benzene ring substituents is 1. The lowest BCUT2D eigenvalue weighted by atomic mass is 9.93. The average molecular weight is 387 g/mol. The highest BCUT2D eigenvalue weighted by atomic mass is 16.6. The van der Waals surface area contributed by atoms with Crippen LogP contribution in [0.1, 0.15) is 61.0 Å². The van der Waals surface area contributed by atoms with E-state index in [1.807, 2.05) is 27.7 Å². The van der Waals surface area contributed by atoms with Crippen LogP contribution in [0.4, 0.5) is 17.1 Å². The maximum atomic E-state index is 12.6. The number of anilines is 1. The smallest absolute Gasteiger partial charge is 0.289 e. The highest BCUT2D eigenvalue weighted by Gasteiger charge is 2.25. The van der Waals surface area contributed by atoms with E-state index >= 15 is 0 Å². The summed E-state index contributed by atoms with van der Waals surface area (Å²) in [5.74, 6) is -0.632. The van der Waals surface area contributed by atoms with Crippen molar-refractivity contribution in [3.05, 3.63) is 67.3 Å². The Kier molecular flexibility index (Phi) is 5.97. The number of nitro benzene ring substituents is 2. The first kappa shape index (κ1) is 20.8. The summed E-state index contributed by atoms with van der Waals surface area (Å²) in [7, 11) is 0. The molecule has 0 aromatic heterocycles. The van der Waals surface area contributed by atoms with Crippen molar-refractivity contribution in [1.82, 2.24) is 0 Å². The van der Waals surface area contributed by atoms with Gasteiger partial charge in [-0.15, -0.1) is 0 Å². The van der Waals surface area contributed by atoms with Crippen LogP contribution in [0, 0.1) is 20.2 Å². The van der Waals surface area contributed by atoms with Crippen molar-refractivity contribution < 1.29 is 19.7 Å². The first-order valence-electron chi connectivity index (χ1n) is 8.63. The van der Waals surface area contributed by atoms with E-state index in [1.165, 1.54) is 0 Å². The lowest BCUT2D eigenvalue weighted by Crippen LogP contribution is -2.15. The third kappa shape index (κ3) is 4.25. The predicted octanol–water partition coefficient (Wildman–Crippen LogP) is 4.71. The molecule has 0 saturated heterocycles. The number of rotatable bonds is 6. The number of carbonyl (C=O) groups is 1. The molecule has 9 nitrogen and oxygen atoms in total. The van der Waals surface area contributed by atoms with E-state index in [2.05, 4.69) is 5.32 Å². The summed E-state index contributed by atoms with van der Waals surface area (Å²) in [4.78, 5) is 33.1. The minimum atomic E-state index is -0.835. The van der Waals surface area contributed by atoms with Gasteiger partial charge in [0.15, 0.2) is 0 Å². The normalized spacial score (nSPS) is 10.9. The SMILES string of the molecule is CC(C)c1cc(NC(=O)c2ccc([N+](=O)[O-])cc2[N+](=O)[O-])cc(C(C)C)c1O. The highest BCUT2D eigenvalue weighted by molar-refractivity contribution is 6.07. The number of hydrogen-bond donors (Lipinski definition) is 2. The van der Waals surface area contributed by atoms with Crippen LogP contribution in [0.15, 0.2) is 30.3 Å². The Bertz CT molecular complexity index is 924. The molecular weight excluding hydrogens is 366 g/mol. The van der Waals surface area contributed by atoms with E-state index in [0.29, 0.717) is 16.8 Å². The van der Waals surface area contributed by atoms with Gasteiger partial charge < -0.3 is 10.4 Å². The number of aromatic hydroxyl groups is 1. The predicted molar refractivity (Wildman–Crippen MR) is 104 cm³/mol. The molecule has 28 heavy (non-hydrogen) atoms. The number of benzene rings is 2. The van der Waals surface area contributed by atoms with Crippen LogP contribution in [-0.4, -0.2) is 20.9 Å². The topological polar surface area (TPSA) is 136 Å². The molecule has 0 bridgehead atoms. The number of nitro groups is 2. The van der Waals surface area contributed by atoms with Gasteiger partial charge in [-0.05, 0) is 41.2 Å². The Balaban J connectivity index is 2.48. The zero-order valence-corrected chi connectivity index (χ0v) is 15.9. The summed E-state index contributed by atoms with van der Waals surface area (Å²) in [6.07, 6.45) is 0. The molecule has 0 saturated carbocycles. The molecule has 0 aliphatic heterocycles. The van der Waals surface area contributed by atoms with Gasteiger partial charge in [0.1, 0.15) is 11.3 Å². The van der Waals surface area contributed by atoms with Gasteiger partial charge in [-0.2, -0.15) is 0 Å². The maximum absolute atomic E-state index is 12.6. The lowest BCUT2D eigenvalue weighted by molar-refractivity contribution is -0.394. The van der Waals surface area contributed by atoms with Crippen molar-refractivity contribution in [2.45, 2.75) is 39.5 Å². The van der Waals surface area contributed by atoms with E-state index in [-0.39, 0.29) is 23.1 Å². The monoisotopic (exact) mass is 387 g/mol. The first-order chi connectivity index (χ1) is 13.0. The van der Waals surface area contributed by atoms with Gasteiger partial charge in [0.05, 0.1) is 15.9 Å². The van der Waals surface area contributed by atoms with Crippen molar-refractivity contribution in [3.8, 4) is 5.75 Å². The largest absolute Gasteiger partial charge is 0.507 e. The summed E-state index contributed by atoms with van der Waals surface area (Å²) >= 11 is 0. The number of phenolic OH excluding ortho intramolecular Hbond substituents is 1. The fourth-order valence-electron chi connectivity index (χ4n) is 2.81. The van der Waals surface area contributed by atoms with E-state index in [1.54, 1.807) is 12.1 Å². The van der Waals surface area contributed by atoms with Gasteiger partial charge >= 0.3 is 0 Å². The molecule has 2 N–H and O–H groups in total. The molecule has 0 spiro atoms. The molecular formula is C19H21N3O6. The second-order valence-electron chi connectivity index (χ2n) is 6.98. The Morgan fingerprint density at radius 3 is 1.93 bits per heavy atom. The van der Waals surface area contributed by atoms with E-state index in [9.17, 15) is 30.1 Å². The molecule has 0 aliphatic carbocycles. The highest BCUT2D eigenvalue weighted by Crippen LogP contribution is 2.36. The van der Waals surface area contributed by atoms with Gasteiger partial charge in [-0.3, -0.25) is 25.0 Å². The van der Waals surface area contributed by atoms with E-state index in [0.717, 1.165) is 18.2 Å². The summed E-state index contributed by atoms with van der Waals surface area (Å²) in [6.45, 7) is 7.58. The lowest BCUT2D eigenvalue weighted by Gasteiger charge is -2.18. The molecule has 148 valence electrons. The molecule has 2 aromatic rings. The molecule has 0 unspecified atom stereocenters. The molecule has 0 heterocycles. The Labute approximate surface area is 161 Å². The minimum Gasteiger partial charge on any atom is -0.507 e. The number of nitrogens with zero attached hydrogens (tertiary/aromatic N) is 2. The third-order valence-electron chi connectivity index (χ3n) is 4.30. The second kappa shape index (κ2) is 8.03. The average Bonchev–Trinajstić information content (AvgIpc) is 2.61. The Hall–Kier alpha value is -3.49. The van der Waals surface area contributed by atoms with Crippen LogP contribution < -0.4 is 5.32 Å². The third-order valence-corrected chi connectivity index (χ3v) is 4.30. The van der Waals surface area contributed by atoms with Crippen molar-refractivity contribution in [3.63, 3.8) is 0 Å². The minimum absolute atomic E-state index is 0.0111. The molecule has 2 aromatic carbocycles. The molecule has 2 rings (SSSR count). The zero-order valence-electron chi connectivity index (χ0n) is 15.9. The maximum Gasteiger partial charge on any atom is 0.289 e. The first-order valence-corrected chi connectivity index (χ1v) is 8.63. The molecule has 0 aliphatic rings. The molecule has 1 amide bonds. The summed E-state index contributed by atoms with van der Waals surface area (Å²) in [6, 6.07) is 6.07. The van der Waals surface area contributed by atoms with Gasteiger partial charge in [0.2, 0.25) is 0 Å². The zero-order chi connectivity index (χ0) is 21.2. The van der Waals surface area contributed by atoms with Crippen molar-refractivity contribution in [1.29, 1.82) is 0 Å². The van der Waals surface area contributed by atoms with Crippen molar-refractivity contribution in [2.75, 3.05) is 5.32 Å². The molecule has 0 radical (unpaired) electrons. The van der Waals surface area contributed by atoms with Crippen LogP contribution in [0.3, 0.4) is 0 Å². The quantitative estimate of drug-likeness (QED) is 0.418. The summed E-state index contributed by atoms with van der Waals surface area (Å²) < 4.78 is 0. The fourth-order valence-corrected chi connectivity index (χ4v) is 2.81. The van der Waals surface area contributed by atoms with E-state index < -0.39 is 27.1 Å². The fraction of sp³-hybridized carbons (Fsp3) is 0.316. The van der Waals surface area contributed by atoms with Crippen molar-refractivity contribution >= 4 is 23.0 Å². The van der Waals surface area contributed by atoms with Crippen LogP contribution >= 0.6 is 0 Å². The Morgan fingerprint density at radius 1 is 0.964 bits per heavy atom. The number of phenols is 1. The van der Waals surface area contributed by atoms with Gasteiger partial charge in [0.25, 0.3) is 17.3 Å². The van der Waals surface area contributed by atoms with E-state index in [4.69, 9.17) is 0 Å². The number of hydrogen-bond acceptors (Lipinski definition) is 6. The summed E-state index contributed by atoms with van der Waals surface area (Å²) in [5, 5.41) is 35.1. The van der Waals surface area contributed by atoms with Crippen LogP contribution in [0.5, 0.6) is 5.75 Å².